The van der Waals surface area contributed by atoms with Crippen LogP contribution in [-0.4, -0.2) is 9.55 Å². The number of halogens is 1. The molecule has 3 nitrogen and oxygen atoms in total. The number of hydrogen-bond donors (Lipinski definition) is 0. The molecule has 4 heteroatoms. The van der Waals surface area contributed by atoms with Crippen molar-refractivity contribution in [2.24, 2.45) is 0 Å². The summed E-state index contributed by atoms with van der Waals surface area (Å²) in [6.45, 7) is 0. The molecule has 1 aliphatic heterocycles. The summed E-state index contributed by atoms with van der Waals surface area (Å²) in [5.74, 6) is 2.62. The van der Waals surface area contributed by atoms with Gasteiger partial charge in [0, 0.05) is 10.0 Å². The van der Waals surface area contributed by atoms with Crippen LogP contribution in [0.4, 0.5) is 0 Å². The van der Waals surface area contributed by atoms with E-state index in [2.05, 4.69) is 38.7 Å². The van der Waals surface area contributed by atoms with E-state index in [9.17, 15) is 0 Å². The van der Waals surface area contributed by atoms with Crippen molar-refractivity contribution in [1.29, 1.82) is 0 Å². The number of hydrogen-bond acceptors (Lipinski definition) is 2. The zero-order valence-electron chi connectivity index (χ0n) is 12.0. The van der Waals surface area contributed by atoms with E-state index < -0.39 is 0 Å². The highest BCUT2D eigenvalue weighted by molar-refractivity contribution is 9.10. The molecule has 0 atom stereocenters. The topological polar surface area (TPSA) is 27.1 Å². The zero-order chi connectivity index (χ0) is 15.4. The third-order valence-electron chi connectivity index (χ3n) is 4.07. The lowest BCUT2D eigenvalue weighted by molar-refractivity contribution is 0.476. The highest BCUT2D eigenvalue weighted by Gasteiger charge is 2.24. The van der Waals surface area contributed by atoms with Gasteiger partial charge >= 0.3 is 0 Å². The highest BCUT2D eigenvalue weighted by atomic mass is 79.9. The maximum Gasteiger partial charge on any atom is 0.153 e. The van der Waals surface area contributed by atoms with Crippen molar-refractivity contribution in [3.05, 3.63) is 71.2 Å². The standard InChI is InChI=1S/C19H11BrN2O/c20-13-10-8-12(9-11-13)19-21-14-4-3-7-17-18(14)22(19)15-5-1-2-6-16(15)23-17/h1-11H. The van der Waals surface area contributed by atoms with E-state index in [4.69, 9.17) is 9.72 Å². The third kappa shape index (κ3) is 1.85. The summed E-state index contributed by atoms with van der Waals surface area (Å²) in [6, 6.07) is 22.3. The molecule has 3 aromatic carbocycles. The van der Waals surface area contributed by atoms with Crippen LogP contribution < -0.4 is 4.74 Å². The molecule has 0 spiro atoms. The molecule has 4 aromatic rings. The first kappa shape index (κ1) is 12.9. The molecule has 0 amide bonds. The number of nitrogens with zero attached hydrogens (tertiary/aromatic N) is 2. The summed E-state index contributed by atoms with van der Waals surface area (Å²) in [5.41, 5.74) is 4.05. The minimum Gasteiger partial charge on any atom is -0.453 e. The second-order valence-corrected chi connectivity index (χ2v) is 6.39. The van der Waals surface area contributed by atoms with E-state index >= 15 is 0 Å². The van der Waals surface area contributed by atoms with Gasteiger partial charge in [0.25, 0.3) is 0 Å². The number of ether oxygens (including phenoxy) is 1. The number of fused-ring (bicyclic) bond motifs is 2. The van der Waals surface area contributed by atoms with Gasteiger partial charge in [0.2, 0.25) is 0 Å². The van der Waals surface area contributed by atoms with Crippen LogP contribution in [0.3, 0.4) is 0 Å². The first-order chi connectivity index (χ1) is 11.3. The van der Waals surface area contributed by atoms with Crippen molar-refractivity contribution in [3.63, 3.8) is 0 Å². The van der Waals surface area contributed by atoms with Gasteiger partial charge in [-0.3, -0.25) is 4.57 Å². The Hall–Kier alpha value is -2.59. The van der Waals surface area contributed by atoms with E-state index in [1.54, 1.807) is 0 Å². The molecule has 2 heterocycles. The van der Waals surface area contributed by atoms with Gasteiger partial charge in [-0.1, -0.05) is 46.3 Å². The summed E-state index contributed by atoms with van der Waals surface area (Å²) in [7, 11) is 0. The van der Waals surface area contributed by atoms with Crippen molar-refractivity contribution in [1.82, 2.24) is 9.55 Å². The lowest BCUT2D eigenvalue weighted by atomic mass is 10.2. The molecule has 1 aliphatic rings. The minimum atomic E-state index is 0.845. The van der Waals surface area contributed by atoms with E-state index in [-0.39, 0.29) is 0 Å². The van der Waals surface area contributed by atoms with Gasteiger partial charge in [0.05, 0.1) is 11.2 Å². The maximum absolute atomic E-state index is 6.05. The van der Waals surface area contributed by atoms with Gasteiger partial charge in [-0.15, -0.1) is 0 Å². The van der Waals surface area contributed by atoms with Gasteiger partial charge in [0.15, 0.2) is 11.5 Å². The van der Waals surface area contributed by atoms with Crippen LogP contribution in [0.1, 0.15) is 0 Å². The van der Waals surface area contributed by atoms with Crippen LogP contribution in [-0.2, 0) is 0 Å². The molecule has 0 saturated carbocycles. The van der Waals surface area contributed by atoms with Gasteiger partial charge in [-0.25, -0.2) is 4.98 Å². The predicted molar refractivity (Wildman–Crippen MR) is 94.3 cm³/mol. The fraction of sp³-hybridized carbons (Fsp3) is 0. The van der Waals surface area contributed by atoms with Crippen LogP contribution in [0, 0.1) is 0 Å². The Bertz CT molecular complexity index is 1050. The van der Waals surface area contributed by atoms with Crippen LogP contribution in [0.5, 0.6) is 11.5 Å². The second kappa shape index (κ2) is 4.70. The van der Waals surface area contributed by atoms with Crippen molar-refractivity contribution in [2.45, 2.75) is 0 Å². The quantitative estimate of drug-likeness (QED) is 0.390. The molecule has 0 fully saturated rings. The van der Waals surface area contributed by atoms with Gasteiger partial charge < -0.3 is 4.74 Å². The first-order valence-electron chi connectivity index (χ1n) is 7.36. The monoisotopic (exact) mass is 362 g/mol. The Kier molecular flexibility index (Phi) is 2.64. The Morgan fingerprint density at radius 2 is 1.61 bits per heavy atom. The molecule has 0 unspecified atom stereocenters. The van der Waals surface area contributed by atoms with Crippen molar-refractivity contribution in [2.75, 3.05) is 0 Å². The number of para-hydroxylation sites is 3. The molecule has 23 heavy (non-hydrogen) atoms. The van der Waals surface area contributed by atoms with Crippen LogP contribution in [0.15, 0.2) is 71.2 Å². The Morgan fingerprint density at radius 3 is 2.48 bits per heavy atom. The van der Waals surface area contributed by atoms with Crippen molar-refractivity contribution < 1.29 is 4.74 Å². The molecule has 0 N–H and O–H groups in total. The first-order valence-corrected chi connectivity index (χ1v) is 8.15. The summed E-state index contributed by atoms with van der Waals surface area (Å²) >= 11 is 3.49. The molecule has 110 valence electrons. The van der Waals surface area contributed by atoms with E-state index in [0.29, 0.717) is 0 Å². The van der Waals surface area contributed by atoms with Gasteiger partial charge in [-0.2, -0.15) is 0 Å². The fourth-order valence-corrected chi connectivity index (χ4v) is 3.32. The van der Waals surface area contributed by atoms with E-state index in [1.807, 2.05) is 48.5 Å². The molecule has 0 radical (unpaired) electrons. The smallest absolute Gasteiger partial charge is 0.153 e. The lowest BCUT2D eigenvalue weighted by Gasteiger charge is -2.20. The number of aromatic nitrogens is 2. The molecule has 1 aromatic heterocycles. The maximum atomic E-state index is 6.05. The van der Waals surface area contributed by atoms with Crippen LogP contribution in [0.25, 0.3) is 28.1 Å². The van der Waals surface area contributed by atoms with Gasteiger partial charge in [0.1, 0.15) is 11.3 Å². The molecule has 5 rings (SSSR count). The number of benzene rings is 3. The SMILES string of the molecule is Brc1ccc(-c2nc3cccc4c3n2-c2ccccc2O4)cc1. The average molecular weight is 363 g/mol. The van der Waals surface area contributed by atoms with E-state index in [1.165, 1.54) is 0 Å². The molecular weight excluding hydrogens is 352 g/mol. The lowest BCUT2D eigenvalue weighted by Crippen LogP contribution is -2.05. The summed E-state index contributed by atoms with van der Waals surface area (Å²) < 4.78 is 9.29. The van der Waals surface area contributed by atoms with Gasteiger partial charge in [-0.05, 0) is 36.4 Å². The zero-order valence-corrected chi connectivity index (χ0v) is 13.6. The molecular formula is C19H11BrN2O. The third-order valence-corrected chi connectivity index (χ3v) is 4.60. The minimum absolute atomic E-state index is 0.845. The van der Waals surface area contributed by atoms with Crippen molar-refractivity contribution in [3.8, 4) is 28.6 Å². The Labute approximate surface area is 141 Å². The normalized spacial score (nSPS) is 12.0. The summed E-state index contributed by atoms with van der Waals surface area (Å²) in [6.07, 6.45) is 0. The fourth-order valence-electron chi connectivity index (χ4n) is 3.05. The summed E-state index contributed by atoms with van der Waals surface area (Å²) in [5, 5.41) is 0. The van der Waals surface area contributed by atoms with Crippen LogP contribution >= 0.6 is 15.9 Å². The number of rotatable bonds is 1. The Morgan fingerprint density at radius 1 is 0.826 bits per heavy atom. The molecule has 0 aliphatic carbocycles. The Balaban J connectivity index is 1.90. The number of imidazole rings is 1. The largest absolute Gasteiger partial charge is 0.453 e. The van der Waals surface area contributed by atoms with Crippen molar-refractivity contribution >= 4 is 27.0 Å². The average Bonchev–Trinajstić information content (AvgIpc) is 2.97. The summed E-state index contributed by atoms with van der Waals surface area (Å²) in [4.78, 5) is 4.85. The second-order valence-electron chi connectivity index (χ2n) is 5.47. The molecule has 0 bridgehead atoms. The highest BCUT2D eigenvalue weighted by Crippen LogP contribution is 2.43. The van der Waals surface area contributed by atoms with E-state index in [0.717, 1.165) is 44.1 Å². The molecule has 0 saturated heterocycles. The van der Waals surface area contributed by atoms with Crippen LogP contribution in [0.2, 0.25) is 0 Å². The predicted octanol–water partition coefficient (Wildman–Crippen LogP) is 5.56.